The van der Waals surface area contributed by atoms with Crippen molar-refractivity contribution in [1.29, 1.82) is 0 Å². The molecule has 0 fully saturated rings. The van der Waals surface area contributed by atoms with Crippen LogP contribution in [-0.4, -0.2) is 15.3 Å². The number of hydrogen-bond donors (Lipinski definition) is 0. The van der Waals surface area contributed by atoms with Crippen LogP contribution < -0.4 is 5.56 Å². The van der Waals surface area contributed by atoms with Crippen molar-refractivity contribution in [2.75, 3.05) is 5.75 Å². The van der Waals surface area contributed by atoms with E-state index in [0.717, 1.165) is 51.6 Å². The second kappa shape index (κ2) is 8.23. The molecule has 0 bridgehead atoms. The smallest absolute Gasteiger partial charge is 0.267 e. The van der Waals surface area contributed by atoms with Crippen LogP contribution in [0.25, 0.3) is 15.9 Å². The molecule has 3 rings (SSSR count). The van der Waals surface area contributed by atoms with Gasteiger partial charge < -0.3 is 0 Å². The minimum absolute atomic E-state index is 0.0295. The summed E-state index contributed by atoms with van der Waals surface area (Å²) in [6.45, 7) is 10.1. The van der Waals surface area contributed by atoms with Crippen molar-refractivity contribution in [3.63, 3.8) is 0 Å². The van der Waals surface area contributed by atoms with Gasteiger partial charge in [0.2, 0.25) is 0 Å². The number of fused-ring (bicyclic) bond motifs is 1. The molecule has 26 heavy (non-hydrogen) atoms. The third-order valence-electron chi connectivity index (χ3n) is 4.44. The van der Waals surface area contributed by atoms with Gasteiger partial charge in [0.05, 0.1) is 11.1 Å². The number of thiophene rings is 1. The van der Waals surface area contributed by atoms with Gasteiger partial charge in [-0.15, -0.1) is 17.9 Å². The van der Waals surface area contributed by atoms with Crippen molar-refractivity contribution in [2.24, 2.45) is 0 Å². The summed E-state index contributed by atoms with van der Waals surface area (Å²) in [7, 11) is 0. The fourth-order valence-electron chi connectivity index (χ4n) is 3.01. The van der Waals surface area contributed by atoms with Crippen molar-refractivity contribution < 1.29 is 0 Å². The average molecular weight is 385 g/mol. The largest absolute Gasteiger partial charge is 0.268 e. The molecule has 3 nitrogen and oxygen atoms in total. The van der Waals surface area contributed by atoms with E-state index < -0.39 is 0 Å². The fourth-order valence-corrected chi connectivity index (χ4v) is 5.08. The van der Waals surface area contributed by atoms with Gasteiger partial charge in [-0.05, 0) is 43.0 Å². The highest BCUT2D eigenvalue weighted by molar-refractivity contribution is 7.99. The second-order valence-electron chi connectivity index (χ2n) is 6.24. The summed E-state index contributed by atoms with van der Waals surface area (Å²) in [4.78, 5) is 20.4. The maximum absolute atomic E-state index is 13.4. The molecule has 0 amide bonds. The molecule has 1 aromatic carbocycles. The third-order valence-corrected chi connectivity index (χ3v) is 6.62. The molecule has 2 heterocycles. The number of thioether (sulfide) groups is 1. The highest BCUT2D eigenvalue weighted by atomic mass is 32.2. The van der Waals surface area contributed by atoms with E-state index in [9.17, 15) is 4.79 Å². The summed E-state index contributed by atoms with van der Waals surface area (Å²) in [6.07, 6.45) is 4.88. The maximum atomic E-state index is 13.4. The molecular weight excluding hydrogens is 360 g/mol. The second-order valence-corrected chi connectivity index (χ2v) is 8.31. The monoisotopic (exact) mass is 384 g/mol. The molecule has 2 aromatic heterocycles. The van der Waals surface area contributed by atoms with Crippen LogP contribution in [0.4, 0.5) is 0 Å². The molecule has 0 spiro atoms. The molecule has 136 valence electrons. The average Bonchev–Trinajstić information content (AvgIpc) is 2.96. The van der Waals surface area contributed by atoms with E-state index in [4.69, 9.17) is 4.98 Å². The molecule has 3 aromatic rings. The Morgan fingerprint density at radius 3 is 2.62 bits per heavy atom. The Balaban J connectivity index is 2.26. The fraction of sp³-hybridized carbons (Fsp3) is 0.333. The quantitative estimate of drug-likeness (QED) is 0.304. The number of aryl methyl sites for hydroxylation is 3. The van der Waals surface area contributed by atoms with Crippen LogP contribution in [0.2, 0.25) is 0 Å². The van der Waals surface area contributed by atoms with E-state index in [-0.39, 0.29) is 5.56 Å². The lowest BCUT2D eigenvalue weighted by Gasteiger charge is -2.12. The molecule has 0 N–H and O–H groups in total. The van der Waals surface area contributed by atoms with E-state index >= 15 is 0 Å². The van der Waals surface area contributed by atoms with Crippen molar-refractivity contribution in [3.05, 3.63) is 63.3 Å². The van der Waals surface area contributed by atoms with Crippen LogP contribution in [0.5, 0.6) is 0 Å². The lowest BCUT2D eigenvalue weighted by molar-refractivity contribution is 0.822. The van der Waals surface area contributed by atoms with Gasteiger partial charge in [-0.1, -0.05) is 50.2 Å². The van der Waals surface area contributed by atoms with Crippen molar-refractivity contribution in [2.45, 2.75) is 45.2 Å². The Kier molecular flexibility index (Phi) is 5.99. The van der Waals surface area contributed by atoms with Gasteiger partial charge in [-0.25, -0.2) is 4.98 Å². The normalized spacial score (nSPS) is 11.2. The summed E-state index contributed by atoms with van der Waals surface area (Å²) in [5, 5.41) is 1.50. The summed E-state index contributed by atoms with van der Waals surface area (Å²) >= 11 is 3.21. The predicted octanol–water partition coefficient (Wildman–Crippen LogP) is 5.55. The molecule has 0 aliphatic carbocycles. The van der Waals surface area contributed by atoms with E-state index in [1.54, 1.807) is 27.7 Å². The van der Waals surface area contributed by atoms with E-state index in [0.29, 0.717) is 0 Å². The first-order chi connectivity index (χ1) is 12.6. The van der Waals surface area contributed by atoms with E-state index in [1.807, 2.05) is 25.1 Å². The van der Waals surface area contributed by atoms with Crippen LogP contribution in [0.15, 0.2) is 46.9 Å². The van der Waals surface area contributed by atoms with Crippen molar-refractivity contribution in [3.8, 4) is 5.69 Å². The molecule has 0 atom stereocenters. The van der Waals surface area contributed by atoms with Crippen LogP contribution >= 0.6 is 23.1 Å². The van der Waals surface area contributed by atoms with Gasteiger partial charge in [0.1, 0.15) is 4.83 Å². The van der Waals surface area contributed by atoms with Gasteiger partial charge >= 0.3 is 0 Å². The Labute approximate surface area is 162 Å². The predicted molar refractivity (Wildman–Crippen MR) is 114 cm³/mol. The van der Waals surface area contributed by atoms with Crippen LogP contribution in [0, 0.1) is 6.92 Å². The molecular formula is C21H24N2OS2. The van der Waals surface area contributed by atoms with Crippen LogP contribution in [-0.2, 0) is 12.8 Å². The Morgan fingerprint density at radius 1 is 1.27 bits per heavy atom. The van der Waals surface area contributed by atoms with Gasteiger partial charge in [0.25, 0.3) is 5.56 Å². The summed E-state index contributed by atoms with van der Waals surface area (Å²) < 4.78 is 1.76. The number of rotatable bonds is 7. The number of benzene rings is 1. The topological polar surface area (TPSA) is 34.9 Å². The first kappa shape index (κ1) is 18.9. The number of nitrogens with zero attached hydrogens (tertiary/aromatic N) is 2. The maximum Gasteiger partial charge on any atom is 0.267 e. The van der Waals surface area contributed by atoms with Gasteiger partial charge in [0, 0.05) is 10.6 Å². The molecule has 0 aliphatic rings. The zero-order chi connectivity index (χ0) is 18.7. The summed E-state index contributed by atoms with van der Waals surface area (Å²) in [5.41, 5.74) is 3.24. The van der Waals surface area contributed by atoms with Crippen molar-refractivity contribution >= 4 is 33.3 Å². The zero-order valence-electron chi connectivity index (χ0n) is 15.5. The third kappa shape index (κ3) is 3.51. The number of hydrogen-bond acceptors (Lipinski definition) is 4. The van der Waals surface area contributed by atoms with E-state index in [1.165, 1.54) is 10.4 Å². The van der Waals surface area contributed by atoms with Crippen molar-refractivity contribution in [1.82, 2.24) is 9.55 Å². The first-order valence-electron chi connectivity index (χ1n) is 8.98. The first-order valence-corrected chi connectivity index (χ1v) is 10.8. The Hall–Kier alpha value is -1.85. The summed E-state index contributed by atoms with van der Waals surface area (Å²) in [6, 6.07) is 8.19. The SMILES string of the molecule is C=CCSc1nc2sc(CCC)c(C)c2c(=O)n1-c1ccc(CC)cc1. The molecule has 0 saturated carbocycles. The van der Waals surface area contributed by atoms with Crippen LogP contribution in [0.3, 0.4) is 0 Å². The zero-order valence-corrected chi connectivity index (χ0v) is 17.2. The summed E-state index contributed by atoms with van der Waals surface area (Å²) in [5.74, 6) is 0.719. The Morgan fingerprint density at radius 2 is 2.00 bits per heavy atom. The molecule has 5 heteroatoms. The molecule has 0 aliphatic heterocycles. The lowest BCUT2D eigenvalue weighted by Crippen LogP contribution is -2.21. The van der Waals surface area contributed by atoms with E-state index in [2.05, 4.69) is 32.6 Å². The highest BCUT2D eigenvalue weighted by Gasteiger charge is 2.18. The molecule has 0 unspecified atom stereocenters. The molecule has 0 saturated heterocycles. The number of aromatic nitrogens is 2. The Bertz CT molecular complexity index is 984. The highest BCUT2D eigenvalue weighted by Crippen LogP contribution is 2.31. The van der Waals surface area contributed by atoms with Crippen LogP contribution in [0.1, 0.15) is 36.3 Å². The molecule has 0 radical (unpaired) electrons. The standard InChI is InChI=1S/C21H24N2OS2/c1-5-8-17-14(4)18-19(26-17)22-21(25-13-6-2)23(20(18)24)16-11-9-15(7-3)10-12-16/h6,9-12H,2,5,7-8,13H2,1,3-4H3. The minimum Gasteiger partial charge on any atom is -0.268 e. The van der Waals surface area contributed by atoms with Gasteiger partial charge in [-0.2, -0.15) is 0 Å². The van der Waals surface area contributed by atoms with Gasteiger partial charge in [0.15, 0.2) is 5.16 Å². The van der Waals surface area contributed by atoms with Gasteiger partial charge in [-0.3, -0.25) is 9.36 Å². The minimum atomic E-state index is 0.0295. The lowest BCUT2D eigenvalue weighted by atomic mass is 10.1.